The second-order valence-electron chi connectivity index (χ2n) is 5.49. The van der Waals surface area contributed by atoms with Crippen LogP contribution in [0, 0.1) is 5.92 Å². The van der Waals surface area contributed by atoms with Gasteiger partial charge in [0.15, 0.2) is 0 Å². The van der Waals surface area contributed by atoms with E-state index in [1.54, 1.807) is 0 Å². The molecule has 2 heterocycles. The third-order valence-electron chi connectivity index (χ3n) is 4.49. The molecule has 1 N–H and O–H groups in total. The van der Waals surface area contributed by atoms with Crippen LogP contribution in [-0.4, -0.2) is 49.8 Å². The van der Waals surface area contributed by atoms with Crippen LogP contribution in [0.1, 0.15) is 25.7 Å². The van der Waals surface area contributed by atoms with Crippen LogP contribution in [0.15, 0.2) is 0 Å². The average molecular weight is 210 g/mol. The molecule has 3 fully saturated rings. The summed E-state index contributed by atoms with van der Waals surface area (Å²) in [6, 6.07) is 1.59. The van der Waals surface area contributed by atoms with Crippen molar-refractivity contribution >= 4 is 0 Å². The number of nitrogens with one attached hydrogen (secondary N) is 1. The van der Waals surface area contributed by atoms with Crippen LogP contribution in [0.25, 0.3) is 0 Å². The highest BCUT2D eigenvalue weighted by Crippen LogP contribution is 2.37. The summed E-state index contributed by atoms with van der Waals surface area (Å²) in [7, 11) is 1.83. The minimum absolute atomic E-state index is 0.454. The highest BCUT2D eigenvalue weighted by molar-refractivity contribution is 4.95. The van der Waals surface area contributed by atoms with Gasteiger partial charge in [-0.2, -0.15) is 0 Å². The lowest BCUT2D eigenvalue weighted by Gasteiger charge is -2.29. The molecule has 0 aromatic carbocycles. The Balaban J connectivity index is 1.50. The van der Waals surface area contributed by atoms with Crippen molar-refractivity contribution < 1.29 is 4.74 Å². The van der Waals surface area contributed by atoms with Gasteiger partial charge in [0, 0.05) is 38.8 Å². The van der Waals surface area contributed by atoms with Gasteiger partial charge in [-0.1, -0.05) is 0 Å². The van der Waals surface area contributed by atoms with Gasteiger partial charge < -0.3 is 10.1 Å². The molecule has 0 amide bonds. The summed E-state index contributed by atoms with van der Waals surface area (Å²) >= 11 is 0. The minimum Gasteiger partial charge on any atom is -0.380 e. The van der Waals surface area contributed by atoms with Gasteiger partial charge in [0.1, 0.15) is 0 Å². The largest absolute Gasteiger partial charge is 0.380 e. The van der Waals surface area contributed by atoms with Gasteiger partial charge in [0.2, 0.25) is 0 Å². The highest BCUT2D eigenvalue weighted by atomic mass is 16.5. The molecule has 4 atom stereocenters. The molecule has 86 valence electrons. The lowest BCUT2D eigenvalue weighted by Crippen LogP contribution is -2.41. The normalized spacial score (nSPS) is 45.4. The second-order valence-corrected chi connectivity index (χ2v) is 5.49. The fourth-order valence-electron chi connectivity index (χ4n) is 3.63. The Morgan fingerprint density at radius 3 is 2.87 bits per heavy atom. The van der Waals surface area contributed by atoms with Gasteiger partial charge in [-0.3, -0.25) is 4.90 Å². The Labute approximate surface area is 92.2 Å². The molecule has 0 radical (unpaired) electrons. The first-order valence-electron chi connectivity index (χ1n) is 6.35. The summed E-state index contributed by atoms with van der Waals surface area (Å²) in [6.45, 7) is 3.66. The van der Waals surface area contributed by atoms with Crippen molar-refractivity contribution in [2.45, 2.75) is 43.9 Å². The lowest BCUT2D eigenvalue weighted by molar-refractivity contribution is 0.114. The second kappa shape index (κ2) is 4.04. The van der Waals surface area contributed by atoms with Crippen molar-refractivity contribution in [2.75, 3.05) is 26.7 Å². The topological polar surface area (TPSA) is 24.5 Å². The van der Waals surface area contributed by atoms with Crippen molar-refractivity contribution in [2.24, 2.45) is 5.92 Å². The number of nitrogens with zero attached hydrogens (tertiary/aromatic N) is 1. The van der Waals surface area contributed by atoms with E-state index in [2.05, 4.69) is 10.2 Å². The molecule has 3 rings (SSSR count). The molecular formula is C12H22N2O. The maximum atomic E-state index is 5.39. The Bertz CT molecular complexity index is 234. The number of likely N-dealkylation sites (tertiary alicyclic amines) is 1. The molecule has 2 aliphatic heterocycles. The first kappa shape index (κ1) is 10.1. The summed E-state index contributed by atoms with van der Waals surface area (Å²) in [5.74, 6) is 1.02. The number of hydrogen-bond acceptors (Lipinski definition) is 3. The van der Waals surface area contributed by atoms with Gasteiger partial charge in [-0.15, -0.1) is 0 Å². The summed E-state index contributed by atoms with van der Waals surface area (Å²) in [5, 5.41) is 3.58. The van der Waals surface area contributed by atoms with Gasteiger partial charge in [-0.05, 0) is 31.6 Å². The van der Waals surface area contributed by atoms with E-state index in [9.17, 15) is 0 Å². The Morgan fingerprint density at radius 1 is 1.33 bits per heavy atom. The van der Waals surface area contributed by atoms with Crippen LogP contribution >= 0.6 is 0 Å². The van der Waals surface area contributed by atoms with E-state index >= 15 is 0 Å². The van der Waals surface area contributed by atoms with Crippen LogP contribution in [0.2, 0.25) is 0 Å². The fraction of sp³-hybridized carbons (Fsp3) is 1.00. The first-order chi connectivity index (χ1) is 7.35. The molecule has 1 aliphatic carbocycles. The summed E-state index contributed by atoms with van der Waals surface area (Å²) in [4.78, 5) is 2.71. The predicted octanol–water partition coefficient (Wildman–Crippen LogP) is 0.848. The van der Waals surface area contributed by atoms with Gasteiger partial charge in [0.05, 0.1) is 6.10 Å². The van der Waals surface area contributed by atoms with Crippen molar-refractivity contribution in [1.82, 2.24) is 10.2 Å². The molecule has 0 aromatic rings. The van der Waals surface area contributed by atoms with Crippen molar-refractivity contribution in [3.8, 4) is 0 Å². The van der Waals surface area contributed by atoms with E-state index in [0.29, 0.717) is 12.1 Å². The minimum atomic E-state index is 0.454. The van der Waals surface area contributed by atoms with E-state index in [0.717, 1.165) is 18.5 Å². The Morgan fingerprint density at radius 2 is 2.27 bits per heavy atom. The highest BCUT2D eigenvalue weighted by Gasteiger charge is 2.39. The van der Waals surface area contributed by atoms with Gasteiger partial charge >= 0.3 is 0 Å². The zero-order chi connectivity index (χ0) is 10.3. The van der Waals surface area contributed by atoms with E-state index in [-0.39, 0.29) is 0 Å². The van der Waals surface area contributed by atoms with E-state index < -0.39 is 0 Å². The van der Waals surface area contributed by atoms with Crippen molar-refractivity contribution in [3.63, 3.8) is 0 Å². The van der Waals surface area contributed by atoms with Gasteiger partial charge in [-0.25, -0.2) is 0 Å². The maximum absolute atomic E-state index is 5.39. The average Bonchev–Trinajstić information content (AvgIpc) is 2.92. The molecule has 2 bridgehead atoms. The van der Waals surface area contributed by atoms with Crippen molar-refractivity contribution in [3.05, 3.63) is 0 Å². The maximum Gasteiger partial charge on any atom is 0.0711 e. The summed E-state index contributed by atoms with van der Waals surface area (Å²) in [6.07, 6.45) is 6.06. The molecule has 3 nitrogen and oxygen atoms in total. The smallest absolute Gasteiger partial charge is 0.0711 e. The molecule has 3 heteroatoms. The Kier molecular flexibility index (Phi) is 2.71. The first-order valence-corrected chi connectivity index (χ1v) is 6.35. The van der Waals surface area contributed by atoms with Crippen LogP contribution in [0.4, 0.5) is 0 Å². The fourth-order valence-corrected chi connectivity index (χ4v) is 3.63. The quantitative estimate of drug-likeness (QED) is 0.747. The monoisotopic (exact) mass is 210 g/mol. The molecule has 0 spiro atoms. The zero-order valence-corrected chi connectivity index (χ0v) is 9.61. The third kappa shape index (κ3) is 1.93. The number of fused-ring (bicyclic) bond motifs is 2. The van der Waals surface area contributed by atoms with E-state index in [4.69, 9.17) is 4.74 Å². The number of methoxy groups -OCH3 is 1. The number of piperidine rings is 1. The summed E-state index contributed by atoms with van der Waals surface area (Å²) < 4.78 is 5.39. The molecule has 4 unspecified atom stereocenters. The van der Waals surface area contributed by atoms with Crippen LogP contribution in [-0.2, 0) is 4.74 Å². The van der Waals surface area contributed by atoms with Crippen molar-refractivity contribution in [1.29, 1.82) is 0 Å². The third-order valence-corrected chi connectivity index (χ3v) is 4.49. The Hall–Kier alpha value is -0.120. The standard InChI is InChI=1S/C12H22N2O/c1-15-12-5-10(13-6-12)8-14-7-9-2-3-11(14)4-9/h9-13H,2-8H2,1H3. The molecule has 0 aromatic heterocycles. The molecule has 15 heavy (non-hydrogen) atoms. The number of ether oxygens (including phenoxy) is 1. The predicted molar refractivity (Wildman–Crippen MR) is 59.9 cm³/mol. The zero-order valence-electron chi connectivity index (χ0n) is 9.61. The van der Waals surface area contributed by atoms with Crippen LogP contribution in [0.3, 0.4) is 0 Å². The number of rotatable bonds is 3. The molecule has 1 saturated carbocycles. The number of hydrogen-bond donors (Lipinski definition) is 1. The lowest BCUT2D eigenvalue weighted by atomic mass is 10.1. The van der Waals surface area contributed by atoms with E-state index in [1.165, 1.54) is 38.8 Å². The molecular weight excluding hydrogens is 188 g/mol. The molecule has 3 aliphatic rings. The van der Waals surface area contributed by atoms with Crippen LogP contribution < -0.4 is 5.32 Å². The van der Waals surface area contributed by atoms with Gasteiger partial charge in [0.25, 0.3) is 0 Å². The SMILES string of the molecule is COC1CNC(CN2CC3CCC2C3)C1. The van der Waals surface area contributed by atoms with E-state index in [1.807, 2.05) is 7.11 Å². The molecule has 2 saturated heterocycles. The summed E-state index contributed by atoms with van der Waals surface area (Å²) in [5.41, 5.74) is 0. The van der Waals surface area contributed by atoms with Crippen LogP contribution in [0.5, 0.6) is 0 Å².